The quantitative estimate of drug-likeness (QED) is 0.889. The van der Waals surface area contributed by atoms with Gasteiger partial charge in [-0.2, -0.15) is 0 Å². The summed E-state index contributed by atoms with van der Waals surface area (Å²) < 4.78 is 14.1. The number of rotatable bonds is 3. The zero-order chi connectivity index (χ0) is 12.3. The van der Waals surface area contributed by atoms with Crippen LogP contribution in [0.3, 0.4) is 0 Å². The molecule has 18 heavy (non-hydrogen) atoms. The zero-order valence-corrected chi connectivity index (χ0v) is 12.1. The molecular weight excluding hydrogens is 322 g/mol. The van der Waals surface area contributed by atoms with Gasteiger partial charge in [0.25, 0.3) is 5.91 Å². The second-order valence-corrected chi connectivity index (χ2v) is 5.11. The lowest BCUT2D eigenvalue weighted by molar-refractivity contribution is 0.0944. The molecule has 2 N–H and O–H groups in total. The molecular formula is C12H15BrClFN2O. The van der Waals surface area contributed by atoms with Crippen LogP contribution in [-0.4, -0.2) is 25.5 Å². The minimum Gasteiger partial charge on any atom is -0.352 e. The van der Waals surface area contributed by atoms with Gasteiger partial charge in [0.1, 0.15) is 5.82 Å². The molecule has 6 heteroatoms. The molecule has 1 aliphatic heterocycles. The number of hydrogen-bond donors (Lipinski definition) is 2. The molecule has 1 amide bonds. The summed E-state index contributed by atoms with van der Waals surface area (Å²) in [5.74, 6) is -0.388. The fourth-order valence-corrected chi connectivity index (χ4v) is 2.23. The first-order valence-corrected chi connectivity index (χ1v) is 6.40. The number of amides is 1. The molecule has 100 valence electrons. The van der Waals surface area contributed by atoms with E-state index in [0.717, 1.165) is 19.5 Å². The second-order valence-electron chi connectivity index (χ2n) is 4.19. The molecule has 0 radical (unpaired) electrons. The van der Waals surface area contributed by atoms with E-state index < -0.39 is 5.82 Å². The van der Waals surface area contributed by atoms with Gasteiger partial charge in [0, 0.05) is 11.0 Å². The zero-order valence-electron chi connectivity index (χ0n) is 9.71. The van der Waals surface area contributed by atoms with E-state index in [2.05, 4.69) is 26.6 Å². The average Bonchev–Trinajstić information content (AvgIpc) is 2.78. The highest BCUT2D eigenvalue weighted by Crippen LogP contribution is 2.15. The van der Waals surface area contributed by atoms with E-state index >= 15 is 0 Å². The Bertz CT molecular complexity index is 425. The van der Waals surface area contributed by atoms with E-state index in [4.69, 9.17) is 0 Å². The lowest BCUT2D eigenvalue weighted by Crippen LogP contribution is -2.30. The van der Waals surface area contributed by atoms with Crippen LogP contribution in [0.25, 0.3) is 0 Å². The molecule has 3 nitrogen and oxygen atoms in total. The molecule has 1 aliphatic rings. The van der Waals surface area contributed by atoms with Crippen molar-refractivity contribution in [2.75, 3.05) is 19.6 Å². The van der Waals surface area contributed by atoms with Crippen molar-refractivity contribution in [2.45, 2.75) is 6.42 Å². The van der Waals surface area contributed by atoms with Crippen LogP contribution in [0.5, 0.6) is 0 Å². The van der Waals surface area contributed by atoms with Crippen molar-refractivity contribution in [1.29, 1.82) is 0 Å². The van der Waals surface area contributed by atoms with Crippen molar-refractivity contribution in [3.05, 3.63) is 34.1 Å². The van der Waals surface area contributed by atoms with Gasteiger partial charge in [0.2, 0.25) is 0 Å². The highest BCUT2D eigenvalue weighted by molar-refractivity contribution is 9.10. The topological polar surface area (TPSA) is 41.1 Å². The normalized spacial score (nSPS) is 18.2. The van der Waals surface area contributed by atoms with Crippen molar-refractivity contribution in [1.82, 2.24) is 10.6 Å². The third kappa shape index (κ3) is 3.93. The van der Waals surface area contributed by atoms with E-state index in [1.54, 1.807) is 6.07 Å². The second kappa shape index (κ2) is 7.07. The Balaban J connectivity index is 0.00000162. The molecule has 1 unspecified atom stereocenters. The monoisotopic (exact) mass is 336 g/mol. The molecule has 1 saturated heterocycles. The molecule has 1 aromatic carbocycles. The van der Waals surface area contributed by atoms with Gasteiger partial charge < -0.3 is 10.6 Å². The van der Waals surface area contributed by atoms with Crippen molar-refractivity contribution in [3.8, 4) is 0 Å². The van der Waals surface area contributed by atoms with Crippen molar-refractivity contribution >= 4 is 34.2 Å². The van der Waals surface area contributed by atoms with Crippen LogP contribution >= 0.6 is 28.3 Å². The smallest absolute Gasteiger partial charge is 0.254 e. The molecule has 1 heterocycles. The summed E-state index contributed by atoms with van der Waals surface area (Å²) in [7, 11) is 0. The summed E-state index contributed by atoms with van der Waals surface area (Å²) in [5.41, 5.74) is 0.0964. The first-order valence-electron chi connectivity index (χ1n) is 5.61. The maximum Gasteiger partial charge on any atom is 0.254 e. The number of nitrogens with one attached hydrogen (secondary N) is 2. The van der Waals surface area contributed by atoms with Crippen LogP contribution in [0.4, 0.5) is 4.39 Å². The maximum atomic E-state index is 13.5. The third-order valence-electron chi connectivity index (χ3n) is 2.89. The fourth-order valence-electron chi connectivity index (χ4n) is 1.89. The average molecular weight is 338 g/mol. The van der Waals surface area contributed by atoms with Crippen molar-refractivity contribution < 1.29 is 9.18 Å². The highest BCUT2D eigenvalue weighted by Gasteiger charge is 2.17. The van der Waals surface area contributed by atoms with Gasteiger partial charge in [-0.3, -0.25) is 4.79 Å². The Labute approximate surface area is 120 Å². The van der Waals surface area contributed by atoms with Gasteiger partial charge in [-0.25, -0.2) is 4.39 Å². The highest BCUT2D eigenvalue weighted by atomic mass is 79.9. The summed E-state index contributed by atoms with van der Waals surface area (Å²) in [6, 6.07) is 4.45. The first kappa shape index (κ1) is 15.4. The largest absolute Gasteiger partial charge is 0.352 e. The van der Waals surface area contributed by atoms with Crippen molar-refractivity contribution in [3.63, 3.8) is 0 Å². The van der Waals surface area contributed by atoms with Gasteiger partial charge in [-0.05, 0) is 43.6 Å². The first-order chi connectivity index (χ1) is 8.16. The van der Waals surface area contributed by atoms with Gasteiger partial charge in [0.05, 0.1) is 5.56 Å². The number of carbonyl (C=O) groups is 1. The number of halogens is 3. The van der Waals surface area contributed by atoms with E-state index in [1.165, 1.54) is 12.1 Å². The standard InChI is InChI=1S/C12H14BrFN2O.ClH/c13-9-1-2-10(11(14)5-9)12(17)16-7-8-3-4-15-6-8;/h1-2,5,8,15H,3-4,6-7H2,(H,16,17);1H. The van der Waals surface area contributed by atoms with E-state index in [0.29, 0.717) is 16.9 Å². The van der Waals surface area contributed by atoms with Crippen molar-refractivity contribution in [2.24, 2.45) is 5.92 Å². The van der Waals surface area contributed by atoms with Gasteiger partial charge in [0.15, 0.2) is 0 Å². The van der Waals surface area contributed by atoms with Crippen LogP contribution in [0.1, 0.15) is 16.8 Å². The Kier molecular flexibility index (Phi) is 6.05. The molecule has 2 rings (SSSR count). The van der Waals surface area contributed by atoms with Crippen LogP contribution in [0.15, 0.2) is 22.7 Å². The maximum absolute atomic E-state index is 13.5. The molecule has 0 aromatic heterocycles. The Morgan fingerprint density at radius 1 is 1.56 bits per heavy atom. The fraction of sp³-hybridized carbons (Fsp3) is 0.417. The van der Waals surface area contributed by atoms with E-state index in [-0.39, 0.29) is 23.9 Å². The summed E-state index contributed by atoms with van der Waals surface area (Å²) in [6.45, 7) is 2.51. The lowest BCUT2D eigenvalue weighted by atomic mass is 10.1. The Morgan fingerprint density at radius 3 is 2.94 bits per heavy atom. The molecule has 1 fully saturated rings. The van der Waals surface area contributed by atoms with Gasteiger partial charge in [-0.15, -0.1) is 12.4 Å². The summed E-state index contributed by atoms with van der Waals surface area (Å²) >= 11 is 3.16. The van der Waals surface area contributed by atoms with Crippen LogP contribution in [-0.2, 0) is 0 Å². The molecule has 0 aliphatic carbocycles. The summed E-state index contributed by atoms with van der Waals surface area (Å²) in [5, 5.41) is 5.99. The molecule has 0 spiro atoms. The Hall–Kier alpha value is -0.650. The SMILES string of the molecule is Cl.O=C(NCC1CCNC1)c1ccc(Br)cc1F. The summed E-state index contributed by atoms with van der Waals surface area (Å²) in [4.78, 5) is 11.7. The van der Waals surface area contributed by atoms with Gasteiger partial charge >= 0.3 is 0 Å². The van der Waals surface area contributed by atoms with Crippen LogP contribution < -0.4 is 10.6 Å². The van der Waals surface area contributed by atoms with Gasteiger partial charge in [-0.1, -0.05) is 15.9 Å². The molecule has 1 atom stereocenters. The summed E-state index contributed by atoms with van der Waals surface area (Å²) in [6.07, 6.45) is 1.06. The van der Waals surface area contributed by atoms with Crippen LogP contribution in [0, 0.1) is 11.7 Å². The molecule has 1 aromatic rings. The minimum absolute atomic E-state index is 0. The minimum atomic E-state index is -0.499. The van der Waals surface area contributed by atoms with E-state index in [9.17, 15) is 9.18 Å². The van der Waals surface area contributed by atoms with E-state index in [1.807, 2.05) is 0 Å². The molecule has 0 saturated carbocycles. The lowest BCUT2D eigenvalue weighted by Gasteiger charge is -2.10. The number of hydrogen-bond acceptors (Lipinski definition) is 2. The van der Waals surface area contributed by atoms with Crippen LogP contribution in [0.2, 0.25) is 0 Å². The molecule has 0 bridgehead atoms. The Morgan fingerprint density at radius 2 is 2.33 bits per heavy atom. The number of carbonyl (C=O) groups excluding carboxylic acids is 1. The number of benzene rings is 1. The third-order valence-corrected chi connectivity index (χ3v) is 3.38. The predicted molar refractivity (Wildman–Crippen MR) is 74.7 cm³/mol. The predicted octanol–water partition coefficient (Wildman–Crippen LogP) is 2.35.